The Morgan fingerprint density at radius 1 is 1.06 bits per heavy atom. The first-order chi connectivity index (χ1) is 15.1. The topological polar surface area (TPSA) is 81.4 Å². The Balaban J connectivity index is 1.39. The minimum absolute atomic E-state index is 0.0479. The summed E-state index contributed by atoms with van der Waals surface area (Å²) < 4.78 is 7.22. The van der Waals surface area contributed by atoms with Gasteiger partial charge < -0.3 is 10.1 Å². The zero-order valence-corrected chi connectivity index (χ0v) is 17.7. The fraction of sp³-hybridized carbons (Fsp3) is 0.250. The first kappa shape index (κ1) is 20.5. The van der Waals surface area contributed by atoms with E-state index in [0.717, 1.165) is 22.6 Å². The lowest BCUT2D eigenvalue weighted by molar-refractivity contribution is -0.121. The molecular weight excluding hydrogens is 390 g/mol. The van der Waals surface area contributed by atoms with Gasteiger partial charge in [0, 0.05) is 24.9 Å². The Morgan fingerprint density at radius 3 is 2.71 bits per heavy atom. The number of carbonyl (C=O) groups is 1. The number of rotatable bonds is 8. The minimum atomic E-state index is -0.0479. The van der Waals surface area contributed by atoms with E-state index in [0.29, 0.717) is 37.5 Å². The number of aromatic nitrogens is 4. The third-order valence-corrected chi connectivity index (χ3v) is 4.95. The second-order valence-corrected chi connectivity index (χ2v) is 7.33. The van der Waals surface area contributed by atoms with Crippen LogP contribution in [0.15, 0.2) is 60.7 Å². The highest BCUT2D eigenvalue weighted by atomic mass is 16.5. The number of aryl methyl sites for hydroxylation is 2. The molecule has 0 bridgehead atoms. The SMILES string of the molecule is CCOc1cccc(CNC(=O)CCc2nnc3ccc(-c4ccc(C)cc4)nn23)c1. The van der Waals surface area contributed by atoms with Crippen LogP contribution >= 0.6 is 0 Å². The Morgan fingerprint density at radius 2 is 1.90 bits per heavy atom. The number of ether oxygens (including phenoxy) is 1. The van der Waals surface area contributed by atoms with E-state index in [-0.39, 0.29) is 5.91 Å². The molecule has 4 aromatic rings. The van der Waals surface area contributed by atoms with Gasteiger partial charge in [-0.1, -0.05) is 42.0 Å². The highest BCUT2D eigenvalue weighted by Gasteiger charge is 2.11. The fourth-order valence-electron chi connectivity index (χ4n) is 3.29. The van der Waals surface area contributed by atoms with Crippen LogP contribution < -0.4 is 10.1 Å². The number of nitrogens with one attached hydrogen (secondary N) is 1. The van der Waals surface area contributed by atoms with Gasteiger partial charge in [-0.2, -0.15) is 9.61 Å². The number of amides is 1. The number of benzene rings is 2. The van der Waals surface area contributed by atoms with Crippen molar-refractivity contribution in [2.75, 3.05) is 6.61 Å². The van der Waals surface area contributed by atoms with E-state index in [1.165, 1.54) is 5.56 Å². The maximum atomic E-state index is 12.4. The predicted molar refractivity (Wildman–Crippen MR) is 119 cm³/mol. The number of fused-ring (bicyclic) bond motifs is 1. The van der Waals surface area contributed by atoms with E-state index in [1.807, 2.05) is 55.5 Å². The van der Waals surface area contributed by atoms with Crippen LogP contribution in [-0.2, 0) is 17.8 Å². The van der Waals surface area contributed by atoms with Crippen LogP contribution in [0.5, 0.6) is 5.75 Å². The van der Waals surface area contributed by atoms with Crippen molar-refractivity contribution in [2.45, 2.75) is 33.2 Å². The number of carbonyl (C=O) groups excluding carboxylic acids is 1. The van der Waals surface area contributed by atoms with Crippen LogP contribution in [0.25, 0.3) is 16.9 Å². The first-order valence-electron chi connectivity index (χ1n) is 10.4. The summed E-state index contributed by atoms with van der Waals surface area (Å²) in [5.41, 5.74) is 4.73. The maximum Gasteiger partial charge on any atom is 0.220 e. The molecule has 7 heteroatoms. The second kappa shape index (κ2) is 9.38. The summed E-state index contributed by atoms with van der Waals surface area (Å²) in [7, 11) is 0. The molecule has 2 aromatic carbocycles. The van der Waals surface area contributed by atoms with Crippen LogP contribution in [-0.4, -0.2) is 32.3 Å². The van der Waals surface area contributed by atoms with Crippen LogP contribution in [0.3, 0.4) is 0 Å². The van der Waals surface area contributed by atoms with Crippen molar-refractivity contribution >= 4 is 11.6 Å². The summed E-state index contributed by atoms with van der Waals surface area (Å²) in [5, 5.41) is 16.0. The molecule has 0 aliphatic carbocycles. The van der Waals surface area contributed by atoms with Crippen molar-refractivity contribution in [3.05, 3.63) is 77.6 Å². The van der Waals surface area contributed by atoms with Crippen molar-refractivity contribution in [3.63, 3.8) is 0 Å². The van der Waals surface area contributed by atoms with E-state index < -0.39 is 0 Å². The molecule has 0 radical (unpaired) electrons. The van der Waals surface area contributed by atoms with Crippen molar-refractivity contribution in [1.29, 1.82) is 0 Å². The van der Waals surface area contributed by atoms with Crippen molar-refractivity contribution < 1.29 is 9.53 Å². The van der Waals surface area contributed by atoms with Gasteiger partial charge in [0.25, 0.3) is 0 Å². The van der Waals surface area contributed by atoms with Crippen LogP contribution in [0.1, 0.15) is 30.3 Å². The number of nitrogens with zero attached hydrogens (tertiary/aromatic N) is 4. The van der Waals surface area contributed by atoms with E-state index in [1.54, 1.807) is 4.52 Å². The maximum absolute atomic E-state index is 12.4. The van der Waals surface area contributed by atoms with Crippen LogP contribution in [0.4, 0.5) is 0 Å². The lowest BCUT2D eigenvalue weighted by Gasteiger charge is -2.08. The summed E-state index contributed by atoms with van der Waals surface area (Å²) in [6.07, 6.45) is 0.763. The molecule has 158 valence electrons. The molecule has 0 atom stereocenters. The zero-order valence-electron chi connectivity index (χ0n) is 17.7. The summed E-state index contributed by atoms with van der Waals surface area (Å²) in [5.74, 6) is 1.42. The van der Waals surface area contributed by atoms with Gasteiger partial charge in [-0.15, -0.1) is 10.2 Å². The van der Waals surface area contributed by atoms with Crippen LogP contribution in [0, 0.1) is 6.92 Å². The van der Waals surface area contributed by atoms with E-state index in [2.05, 4.69) is 39.7 Å². The van der Waals surface area contributed by atoms with Gasteiger partial charge >= 0.3 is 0 Å². The molecule has 0 fully saturated rings. The third kappa shape index (κ3) is 5.06. The zero-order chi connectivity index (χ0) is 21.6. The third-order valence-electron chi connectivity index (χ3n) is 4.95. The Hall–Kier alpha value is -3.74. The Bertz CT molecular complexity index is 1180. The van der Waals surface area contributed by atoms with Gasteiger partial charge in [-0.05, 0) is 43.7 Å². The summed E-state index contributed by atoms with van der Waals surface area (Å²) in [4.78, 5) is 12.4. The summed E-state index contributed by atoms with van der Waals surface area (Å²) in [6, 6.07) is 19.8. The van der Waals surface area contributed by atoms with Gasteiger partial charge in [0.05, 0.1) is 12.3 Å². The molecule has 1 N–H and O–H groups in total. The molecule has 4 rings (SSSR count). The van der Waals surface area contributed by atoms with E-state index in [9.17, 15) is 4.79 Å². The summed E-state index contributed by atoms with van der Waals surface area (Å²) in [6.45, 7) is 5.07. The quantitative estimate of drug-likeness (QED) is 0.474. The second-order valence-electron chi connectivity index (χ2n) is 7.33. The van der Waals surface area contributed by atoms with E-state index >= 15 is 0 Å². The average molecular weight is 415 g/mol. The molecule has 0 aliphatic heterocycles. The fourth-order valence-corrected chi connectivity index (χ4v) is 3.29. The highest BCUT2D eigenvalue weighted by Crippen LogP contribution is 2.18. The lowest BCUT2D eigenvalue weighted by Crippen LogP contribution is -2.23. The lowest BCUT2D eigenvalue weighted by atomic mass is 10.1. The molecule has 0 aliphatic rings. The van der Waals surface area contributed by atoms with Gasteiger partial charge in [-0.3, -0.25) is 4.79 Å². The van der Waals surface area contributed by atoms with Gasteiger partial charge in [0.15, 0.2) is 11.5 Å². The van der Waals surface area contributed by atoms with Gasteiger partial charge in [0.2, 0.25) is 5.91 Å². The molecule has 0 unspecified atom stereocenters. The first-order valence-corrected chi connectivity index (χ1v) is 10.4. The molecule has 0 saturated carbocycles. The smallest absolute Gasteiger partial charge is 0.220 e. The average Bonchev–Trinajstić information content (AvgIpc) is 3.19. The predicted octanol–water partition coefficient (Wildman–Crippen LogP) is 3.75. The monoisotopic (exact) mass is 415 g/mol. The van der Waals surface area contributed by atoms with Crippen molar-refractivity contribution in [2.24, 2.45) is 0 Å². The number of hydrogen-bond donors (Lipinski definition) is 1. The van der Waals surface area contributed by atoms with Crippen molar-refractivity contribution in [1.82, 2.24) is 25.1 Å². The largest absolute Gasteiger partial charge is 0.494 e. The Labute approximate surface area is 181 Å². The number of hydrogen-bond acceptors (Lipinski definition) is 5. The van der Waals surface area contributed by atoms with Crippen molar-refractivity contribution in [3.8, 4) is 17.0 Å². The Kier molecular flexibility index (Phi) is 6.21. The standard InChI is InChI=1S/C24H25N5O2/c1-3-31-20-6-4-5-18(15-20)16-25-24(30)14-13-23-27-26-22-12-11-21(28-29(22)23)19-9-7-17(2)8-10-19/h4-12,15H,3,13-14,16H2,1-2H3,(H,25,30). The van der Waals surface area contributed by atoms with Gasteiger partial charge in [-0.25, -0.2) is 0 Å². The molecule has 7 nitrogen and oxygen atoms in total. The molecule has 0 saturated heterocycles. The summed E-state index contributed by atoms with van der Waals surface area (Å²) >= 11 is 0. The molecule has 31 heavy (non-hydrogen) atoms. The van der Waals surface area contributed by atoms with E-state index in [4.69, 9.17) is 4.74 Å². The highest BCUT2D eigenvalue weighted by molar-refractivity contribution is 5.76. The molecule has 2 heterocycles. The normalized spacial score (nSPS) is 10.9. The molecule has 2 aromatic heterocycles. The molecular formula is C24H25N5O2. The molecule has 0 spiro atoms. The minimum Gasteiger partial charge on any atom is -0.494 e. The van der Waals surface area contributed by atoms with Gasteiger partial charge in [0.1, 0.15) is 5.75 Å². The van der Waals surface area contributed by atoms with Crippen LogP contribution in [0.2, 0.25) is 0 Å². The molecule has 1 amide bonds.